The molecule has 0 aliphatic heterocycles. The predicted octanol–water partition coefficient (Wildman–Crippen LogP) is 2.78. The van der Waals surface area contributed by atoms with Gasteiger partial charge in [0.15, 0.2) is 0 Å². The summed E-state index contributed by atoms with van der Waals surface area (Å²) in [6, 6.07) is 16.9. The minimum absolute atomic E-state index is 0.0158. The van der Waals surface area contributed by atoms with E-state index in [1.165, 1.54) is 0 Å². The average Bonchev–Trinajstić information content (AvgIpc) is 2.46. The molecule has 0 saturated carbocycles. The number of nitrogens with one attached hydrogen (secondary N) is 1. The van der Waals surface area contributed by atoms with Crippen LogP contribution in [0.2, 0.25) is 0 Å². The molecule has 0 spiro atoms. The maximum absolute atomic E-state index is 9.83. The highest BCUT2D eigenvalue weighted by Gasteiger charge is 2.16. The van der Waals surface area contributed by atoms with Crippen molar-refractivity contribution in [2.24, 2.45) is 0 Å². The van der Waals surface area contributed by atoms with Gasteiger partial charge < -0.3 is 15.5 Å². The molecule has 0 amide bonds. The van der Waals surface area contributed by atoms with E-state index in [9.17, 15) is 10.2 Å². The topological polar surface area (TPSA) is 52.5 Å². The zero-order valence-electron chi connectivity index (χ0n) is 11.0. The van der Waals surface area contributed by atoms with Crippen molar-refractivity contribution in [1.82, 2.24) is 5.32 Å². The molecule has 3 nitrogen and oxygen atoms in total. The molecule has 0 saturated heterocycles. The van der Waals surface area contributed by atoms with E-state index in [1.54, 1.807) is 12.1 Å². The SMILES string of the molecule is CC(NC(CO)c1ccccc1)c1ccccc1O. The molecule has 100 valence electrons. The minimum atomic E-state index is -0.143. The van der Waals surface area contributed by atoms with Crippen LogP contribution in [-0.4, -0.2) is 16.8 Å². The van der Waals surface area contributed by atoms with E-state index < -0.39 is 0 Å². The van der Waals surface area contributed by atoms with E-state index in [2.05, 4.69) is 5.32 Å². The Morgan fingerprint density at radius 3 is 2.26 bits per heavy atom. The van der Waals surface area contributed by atoms with Gasteiger partial charge in [-0.3, -0.25) is 0 Å². The second kappa shape index (κ2) is 6.36. The zero-order chi connectivity index (χ0) is 13.7. The van der Waals surface area contributed by atoms with Crippen LogP contribution in [0.5, 0.6) is 5.75 Å². The van der Waals surface area contributed by atoms with Crippen molar-refractivity contribution in [2.75, 3.05) is 6.61 Å². The number of hydrogen-bond acceptors (Lipinski definition) is 3. The molecule has 0 aromatic heterocycles. The Labute approximate surface area is 113 Å². The van der Waals surface area contributed by atoms with Crippen LogP contribution < -0.4 is 5.32 Å². The van der Waals surface area contributed by atoms with Gasteiger partial charge in [0.2, 0.25) is 0 Å². The fraction of sp³-hybridized carbons (Fsp3) is 0.250. The Hall–Kier alpha value is -1.84. The van der Waals surface area contributed by atoms with Gasteiger partial charge in [0.25, 0.3) is 0 Å². The normalized spacial score (nSPS) is 14.0. The summed E-state index contributed by atoms with van der Waals surface area (Å²) < 4.78 is 0. The lowest BCUT2D eigenvalue weighted by atomic mass is 10.0. The summed E-state index contributed by atoms with van der Waals surface area (Å²) in [4.78, 5) is 0. The van der Waals surface area contributed by atoms with Crippen LogP contribution in [0.1, 0.15) is 30.1 Å². The quantitative estimate of drug-likeness (QED) is 0.772. The van der Waals surface area contributed by atoms with E-state index >= 15 is 0 Å². The van der Waals surface area contributed by atoms with Gasteiger partial charge in [-0.1, -0.05) is 48.5 Å². The maximum Gasteiger partial charge on any atom is 0.120 e. The van der Waals surface area contributed by atoms with Crippen LogP contribution >= 0.6 is 0 Å². The number of para-hydroxylation sites is 1. The second-order valence-electron chi connectivity index (χ2n) is 4.59. The molecule has 2 aromatic rings. The third kappa shape index (κ3) is 3.34. The van der Waals surface area contributed by atoms with Gasteiger partial charge in [-0.25, -0.2) is 0 Å². The Morgan fingerprint density at radius 1 is 1.00 bits per heavy atom. The number of hydrogen-bond donors (Lipinski definition) is 3. The van der Waals surface area contributed by atoms with E-state index in [-0.39, 0.29) is 24.4 Å². The number of phenolic OH excluding ortho intramolecular Hbond substituents is 1. The summed E-state index contributed by atoms with van der Waals surface area (Å²) in [5, 5.41) is 22.7. The van der Waals surface area contributed by atoms with Gasteiger partial charge in [-0.05, 0) is 18.6 Å². The largest absolute Gasteiger partial charge is 0.508 e. The Balaban J connectivity index is 2.13. The molecule has 0 bridgehead atoms. The van der Waals surface area contributed by atoms with Gasteiger partial charge in [-0.15, -0.1) is 0 Å². The molecular weight excluding hydrogens is 238 g/mol. The Bertz CT molecular complexity index is 513. The molecular formula is C16H19NO2. The smallest absolute Gasteiger partial charge is 0.120 e. The number of aliphatic hydroxyl groups excluding tert-OH is 1. The second-order valence-corrected chi connectivity index (χ2v) is 4.59. The lowest BCUT2D eigenvalue weighted by Gasteiger charge is -2.23. The molecule has 0 heterocycles. The van der Waals surface area contributed by atoms with E-state index in [0.29, 0.717) is 0 Å². The van der Waals surface area contributed by atoms with Crippen molar-refractivity contribution >= 4 is 0 Å². The Morgan fingerprint density at radius 2 is 1.63 bits per heavy atom. The molecule has 2 rings (SSSR count). The summed E-state index contributed by atoms with van der Waals surface area (Å²) in [6.07, 6.45) is 0. The van der Waals surface area contributed by atoms with Gasteiger partial charge in [0, 0.05) is 11.6 Å². The van der Waals surface area contributed by atoms with Gasteiger partial charge in [-0.2, -0.15) is 0 Å². The first-order valence-corrected chi connectivity index (χ1v) is 6.42. The monoisotopic (exact) mass is 257 g/mol. The molecule has 0 aliphatic carbocycles. The first kappa shape index (κ1) is 13.6. The summed E-state index contributed by atoms with van der Waals surface area (Å²) in [5.41, 5.74) is 1.86. The highest BCUT2D eigenvalue weighted by atomic mass is 16.3. The van der Waals surface area contributed by atoms with Crippen molar-refractivity contribution in [3.8, 4) is 5.75 Å². The minimum Gasteiger partial charge on any atom is -0.508 e. The van der Waals surface area contributed by atoms with Crippen LogP contribution in [0.3, 0.4) is 0 Å². The zero-order valence-corrected chi connectivity index (χ0v) is 11.0. The molecule has 2 atom stereocenters. The molecule has 2 aromatic carbocycles. The van der Waals surface area contributed by atoms with Gasteiger partial charge >= 0.3 is 0 Å². The average molecular weight is 257 g/mol. The van der Waals surface area contributed by atoms with Crippen LogP contribution in [0.25, 0.3) is 0 Å². The molecule has 3 N–H and O–H groups in total. The number of aliphatic hydroxyl groups is 1. The fourth-order valence-corrected chi connectivity index (χ4v) is 2.18. The number of rotatable bonds is 5. The standard InChI is InChI=1S/C16H19NO2/c1-12(14-9-5-6-10-16(14)19)17-15(11-18)13-7-3-2-4-8-13/h2-10,12,15,17-19H,11H2,1H3. The molecule has 2 unspecified atom stereocenters. The molecule has 0 fully saturated rings. The van der Waals surface area contributed by atoms with E-state index in [0.717, 1.165) is 11.1 Å². The summed E-state index contributed by atoms with van der Waals surface area (Å²) in [7, 11) is 0. The molecule has 0 aliphatic rings. The first-order chi connectivity index (χ1) is 9.22. The van der Waals surface area contributed by atoms with E-state index in [1.807, 2.05) is 49.4 Å². The summed E-state index contributed by atoms with van der Waals surface area (Å²) >= 11 is 0. The highest BCUT2D eigenvalue weighted by Crippen LogP contribution is 2.25. The predicted molar refractivity (Wildman–Crippen MR) is 75.9 cm³/mol. The van der Waals surface area contributed by atoms with Crippen LogP contribution in [0.4, 0.5) is 0 Å². The van der Waals surface area contributed by atoms with E-state index in [4.69, 9.17) is 0 Å². The van der Waals surface area contributed by atoms with Crippen molar-refractivity contribution in [3.05, 3.63) is 65.7 Å². The first-order valence-electron chi connectivity index (χ1n) is 6.42. The van der Waals surface area contributed by atoms with Crippen LogP contribution in [-0.2, 0) is 0 Å². The van der Waals surface area contributed by atoms with Crippen LogP contribution in [0, 0.1) is 0 Å². The summed E-state index contributed by atoms with van der Waals surface area (Å²) in [6.45, 7) is 1.99. The highest BCUT2D eigenvalue weighted by molar-refractivity contribution is 5.34. The lowest BCUT2D eigenvalue weighted by Crippen LogP contribution is -2.27. The van der Waals surface area contributed by atoms with Crippen molar-refractivity contribution < 1.29 is 10.2 Å². The van der Waals surface area contributed by atoms with Crippen molar-refractivity contribution in [3.63, 3.8) is 0 Å². The van der Waals surface area contributed by atoms with Gasteiger partial charge in [0.1, 0.15) is 5.75 Å². The lowest BCUT2D eigenvalue weighted by molar-refractivity contribution is 0.234. The fourth-order valence-electron chi connectivity index (χ4n) is 2.18. The van der Waals surface area contributed by atoms with Crippen molar-refractivity contribution in [1.29, 1.82) is 0 Å². The number of phenols is 1. The molecule has 19 heavy (non-hydrogen) atoms. The Kier molecular flexibility index (Phi) is 4.55. The van der Waals surface area contributed by atoms with Crippen LogP contribution in [0.15, 0.2) is 54.6 Å². The maximum atomic E-state index is 9.83. The molecule has 0 radical (unpaired) electrons. The third-order valence-electron chi connectivity index (χ3n) is 3.24. The molecule has 3 heteroatoms. The number of aromatic hydroxyl groups is 1. The van der Waals surface area contributed by atoms with Crippen molar-refractivity contribution in [2.45, 2.75) is 19.0 Å². The van der Waals surface area contributed by atoms with Gasteiger partial charge in [0.05, 0.1) is 12.6 Å². The summed E-state index contributed by atoms with van der Waals surface area (Å²) in [5.74, 6) is 0.271. The number of benzene rings is 2. The third-order valence-corrected chi connectivity index (χ3v) is 3.24.